The van der Waals surface area contributed by atoms with Gasteiger partial charge in [0.05, 0.1) is 0 Å². The van der Waals surface area contributed by atoms with Crippen molar-refractivity contribution in [2.75, 3.05) is 11.2 Å². The standard InChI is InChI=1S/C12H18N4S2/c1-4-8-5-9-10(17-6-7(2)3)14-12(16-13)15-11(9)18-8/h5,7H,4,6,13H2,1-3H3,(H,14,15,16). The predicted octanol–water partition coefficient (Wildman–Crippen LogP) is 3.29. The minimum atomic E-state index is 0.498. The molecule has 0 fully saturated rings. The molecule has 0 aromatic carbocycles. The van der Waals surface area contributed by atoms with Crippen molar-refractivity contribution in [2.24, 2.45) is 11.8 Å². The Bertz CT molecular complexity index is 536. The molecule has 0 saturated heterocycles. The average molecular weight is 282 g/mol. The Labute approximate surface area is 115 Å². The van der Waals surface area contributed by atoms with Crippen molar-refractivity contribution in [3.05, 3.63) is 10.9 Å². The van der Waals surface area contributed by atoms with Gasteiger partial charge in [0.25, 0.3) is 0 Å². The maximum atomic E-state index is 5.43. The van der Waals surface area contributed by atoms with E-state index in [1.165, 1.54) is 4.88 Å². The number of nitrogens with one attached hydrogen (secondary N) is 1. The SMILES string of the molecule is CCc1cc2c(SCC(C)C)nc(NN)nc2s1. The Morgan fingerprint density at radius 1 is 1.44 bits per heavy atom. The topological polar surface area (TPSA) is 63.8 Å². The van der Waals surface area contributed by atoms with Gasteiger partial charge in [0.15, 0.2) is 0 Å². The van der Waals surface area contributed by atoms with Gasteiger partial charge < -0.3 is 0 Å². The quantitative estimate of drug-likeness (QED) is 0.381. The number of nitrogen functional groups attached to an aromatic ring is 1. The third-order valence-electron chi connectivity index (χ3n) is 2.44. The molecule has 98 valence electrons. The van der Waals surface area contributed by atoms with Crippen LogP contribution in [0.4, 0.5) is 5.95 Å². The van der Waals surface area contributed by atoms with Crippen molar-refractivity contribution in [3.63, 3.8) is 0 Å². The molecule has 0 aliphatic rings. The van der Waals surface area contributed by atoms with Crippen LogP contribution in [0.25, 0.3) is 10.2 Å². The first kappa shape index (κ1) is 13.6. The van der Waals surface area contributed by atoms with Gasteiger partial charge in [0, 0.05) is 16.0 Å². The number of aromatic nitrogens is 2. The molecule has 0 radical (unpaired) electrons. The Balaban J connectivity index is 2.43. The van der Waals surface area contributed by atoms with E-state index >= 15 is 0 Å². The van der Waals surface area contributed by atoms with Crippen molar-refractivity contribution in [1.82, 2.24) is 9.97 Å². The summed E-state index contributed by atoms with van der Waals surface area (Å²) in [5, 5.41) is 2.18. The van der Waals surface area contributed by atoms with Crippen LogP contribution < -0.4 is 11.3 Å². The number of hydrogen-bond donors (Lipinski definition) is 2. The van der Waals surface area contributed by atoms with Crippen LogP contribution in [0.1, 0.15) is 25.6 Å². The van der Waals surface area contributed by atoms with E-state index in [1.807, 2.05) is 0 Å². The van der Waals surface area contributed by atoms with Crippen LogP contribution in [0, 0.1) is 5.92 Å². The zero-order valence-corrected chi connectivity index (χ0v) is 12.5. The zero-order chi connectivity index (χ0) is 13.1. The summed E-state index contributed by atoms with van der Waals surface area (Å²) in [4.78, 5) is 11.2. The number of aryl methyl sites for hydroxylation is 1. The number of thioether (sulfide) groups is 1. The molecule has 6 heteroatoms. The second kappa shape index (κ2) is 5.86. The number of nitrogens with two attached hydrogens (primary N) is 1. The maximum absolute atomic E-state index is 5.43. The fourth-order valence-electron chi connectivity index (χ4n) is 1.54. The molecule has 0 amide bonds. The van der Waals surface area contributed by atoms with Crippen LogP contribution >= 0.6 is 23.1 Å². The van der Waals surface area contributed by atoms with E-state index in [0.717, 1.165) is 27.4 Å². The van der Waals surface area contributed by atoms with Crippen LogP contribution in [0.3, 0.4) is 0 Å². The summed E-state index contributed by atoms with van der Waals surface area (Å²) >= 11 is 3.49. The fraction of sp³-hybridized carbons (Fsp3) is 0.500. The summed E-state index contributed by atoms with van der Waals surface area (Å²) in [5.41, 5.74) is 2.55. The smallest absolute Gasteiger partial charge is 0.239 e. The van der Waals surface area contributed by atoms with Gasteiger partial charge in [-0.25, -0.2) is 15.8 Å². The number of fused-ring (bicyclic) bond motifs is 1. The van der Waals surface area contributed by atoms with Gasteiger partial charge in [-0.3, -0.25) is 5.43 Å². The molecule has 0 spiro atoms. The van der Waals surface area contributed by atoms with Crippen molar-refractivity contribution in [2.45, 2.75) is 32.2 Å². The lowest BCUT2D eigenvalue weighted by Crippen LogP contribution is -2.10. The third kappa shape index (κ3) is 2.93. The molecular formula is C12H18N4S2. The van der Waals surface area contributed by atoms with E-state index in [9.17, 15) is 0 Å². The van der Waals surface area contributed by atoms with Crippen molar-refractivity contribution in [1.29, 1.82) is 0 Å². The van der Waals surface area contributed by atoms with E-state index in [-0.39, 0.29) is 0 Å². The maximum Gasteiger partial charge on any atom is 0.239 e. The lowest BCUT2D eigenvalue weighted by atomic mass is 10.3. The van der Waals surface area contributed by atoms with Gasteiger partial charge in [-0.2, -0.15) is 0 Å². The molecule has 2 rings (SSSR count). The second-order valence-electron chi connectivity index (χ2n) is 4.49. The summed E-state index contributed by atoms with van der Waals surface area (Å²) in [6, 6.07) is 2.20. The summed E-state index contributed by atoms with van der Waals surface area (Å²) < 4.78 is 0. The molecule has 0 aliphatic carbocycles. The highest BCUT2D eigenvalue weighted by atomic mass is 32.2. The summed E-state index contributed by atoms with van der Waals surface area (Å²) in [6.07, 6.45) is 1.03. The molecule has 0 bridgehead atoms. The first-order chi connectivity index (χ1) is 8.63. The number of hydrogen-bond acceptors (Lipinski definition) is 6. The van der Waals surface area contributed by atoms with Crippen LogP contribution in [-0.4, -0.2) is 15.7 Å². The van der Waals surface area contributed by atoms with Crippen molar-refractivity contribution in [3.8, 4) is 0 Å². The lowest BCUT2D eigenvalue weighted by Gasteiger charge is -2.06. The number of rotatable bonds is 5. The molecule has 0 saturated carbocycles. The second-order valence-corrected chi connectivity index (χ2v) is 6.61. The van der Waals surface area contributed by atoms with Crippen LogP contribution in [0.5, 0.6) is 0 Å². The molecule has 4 nitrogen and oxygen atoms in total. The van der Waals surface area contributed by atoms with Crippen LogP contribution in [0.2, 0.25) is 0 Å². The Morgan fingerprint density at radius 3 is 2.83 bits per heavy atom. The predicted molar refractivity (Wildman–Crippen MR) is 80.2 cm³/mol. The van der Waals surface area contributed by atoms with Gasteiger partial charge >= 0.3 is 0 Å². The van der Waals surface area contributed by atoms with Gasteiger partial charge in [-0.1, -0.05) is 20.8 Å². The number of anilines is 1. The summed E-state index contributed by atoms with van der Waals surface area (Å²) in [5.74, 6) is 7.61. The molecule has 3 N–H and O–H groups in total. The van der Waals surface area contributed by atoms with E-state index < -0.39 is 0 Å². The molecule has 2 heterocycles. The molecule has 0 aliphatic heterocycles. The average Bonchev–Trinajstić information content (AvgIpc) is 2.78. The van der Waals surface area contributed by atoms with Crippen LogP contribution in [0.15, 0.2) is 11.1 Å². The highest BCUT2D eigenvalue weighted by molar-refractivity contribution is 7.99. The summed E-state index contributed by atoms with van der Waals surface area (Å²) in [6.45, 7) is 6.57. The highest BCUT2D eigenvalue weighted by Gasteiger charge is 2.11. The van der Waals surface area contributed by atoms with Crippen molar-refractivity contribution < 1.29 is 0 Å². The van der Waals surface area contributed by atoms with Gasteiger partial charge in [-0.15, -0.1) is 23.1 Å². The third-order valence-corrected chi connectivity index (χ3v) is 5.03. The molecule has 0 unspecified atom stereocenters. The zero-order valence-electron chi connectivity index (χ0n) is 10.9. The molecule has 2 aromatic rings. The minimum Gasteiger partial charge on any atom is -0.292 e. The van der Waals surface area contributed by atoms with E-state index in [1.54, 1.807) is 23.1 Å². The van der Waals surface area contributed by atoms with E-state index in [4.69, 9.17) is 5.84 Å². The Hall–Kier alpha value is -0.850. The largest absolute Gasteiger partial charge is 0.292 e. The first-order valence-electron chi connectivity index (χ1n) is 6.04. The highest BCUT2D eigenvalue weighted by Crippen LogP contribution is 2.33. The molecular weight excluding hydrogens is 264 g/mol. The minimum absolute atomic E-state index is 0.498. The monoisotopic (exact) mass is 282 g/mol. The van der Waals surface area contributed by atoms with Crippen LogP contribution in [-0.2, 0) is 6.42 Å². The molecule has 18 heavy (non-hydrogen) atoms. The Morgan fingerprint density at radius 2 is 2.22 bits per heavy atom. The Kier molecular flexibility index (Phi) is 4.42. The van der Waals surface area contributed by atoms with Crippen molar-refractivity contribution >= 4 is 39.3 Å². The molecule has 2 aromatic heterocycles. The molecule has 0 atom stereocenters. The first-order valence-corrected chi connectivity index (χ1v) is 7.84. The van der Waals surface area contributed by atoms with E-state index in [0.29, 0.717) is 11.9 Å². The van der Waals surface area contributed by atoms with Gasteiger partial charge in [-0.05, 0) is 18.4 Å². The number of hydrazine groups is 1. The van der Waals surface area contributed by atoms with Gasteiger partial charge in [0.2, 0.25) is 5.95 Å². The normalized spacial score (nSPS) is 11.4. The van der Waals surface area contributed by atoms with E-state index in [2.05, 4.69) is 42.2 Å². The lowest BCUT2D eigenvalue weighted by molar-refractivity contribution is 0.749. The number of nitrogens with zero attached hydrogens (tertiary/aromatic N) is 2. The summed E-state index contributed by atoms with van der Waals surface area (Å²) in [7, 11) is 0. The fourth-order valence-corrected chi connectivity index (χ4v) is 3.52. The van der Waals surface area contributed by atoms with Gasteiger partial charge in [0.1, 0.15) is 9.86 Å². The number of thiophene rings is 1.